The van der Waals surface area contributed by atoms with E-state index in [2.05, 4.69) is 15.0 Å². The van der Waals surface area contributed by atoms with Crippen LogP contribution in [-0.4, -0.2) is 54.7 Å². The Morgan fingerprint density at radius 2 is 2.06 bits per heavy atom. The minimum atomic E-state index is -3.80. The van der Waals surface area contributed by atoms with Crippen LogP contribution in [0.5, 0.6) is 11.6 Å². The highest BCUT2D eigenvalue weighted by Gasteiger charge is 2.41. The quantitative estimate of drug-likeness (QED) is 0.754. The van der Waals surface area contributed by atoms with Crippen molar-refractivity contribution < 1.29 is 26.7 Å². The van der Waals surface area contributed by atoms with Crippen LogP contribution in [0.4, 0.5) is 8.78 Å². The van der Waals surface area contributed by atoms with Gasteiger partial charge in [-0.25, -0.2) is 31.5 Å². The molecule has 0 spiro atoms. The van der Waals surface area contributed by atoms with Gasteiger partial charge in [-0.3, -0.25) is 0 Å². The number of halogens is 2. The standard InChI is InChI=1S/C19H19F2N5O4S/c1-19(10-31(27,28)26(2)18(22)25-19)12-7-11(3-4-13(12)20)8-14(21)16-23-9-15-17(24-16)30-6-5-29-15/h3-4,7-9H,5-6,10H2,1-2H3,(H2,22,25). The Kier molecular flexibility index (Phi) is 5.04. The molecule has 9 nitrogen and oxygen atoms in total. The molecule has 0 saturated heterocycles. The number of nitrogens with zero attached hydrogens (tertiary/aromatic N) is 4. The third kappa shape index (κ3) is 3.90. The molecule has 12 heteroatoms. The molecule has 1 unspecified atom stereocenters. The zero-order valence-corrected chi connectivity index (χ0v) is 17.5. The molecule has 0 aliphatic carbocycles. The first-order valence-electron chi connectivity index (χ1n) is 9.21. The van der Waals surface area contributed by atoms with Crippen LogP contribution in [0.15, 0.2) is 29.4 Å². The highest BCUT2D eigenvalue weighted by molar-refractivity contribution is 7.89. The molecular weight excluding hydrogens is 432 g/mol. The van der Waals surface area contributed by atoms with Crippen molar-refractivity contribution in [2.24, 2.45) is 10.7 Å². The van der Waals surface area contributed by atoms with E-state index >= 15 is 0 Å². The lowest BCUT2D eigenvalue weighted by Crippen LogP contribution is -2.50. The number of hydrogen-bond acceptors (Lipinski definition) is 8. The molecule has 0 radical (unpaired) electrons. The van der Waals surface area contributed by atoms with Gasteiger partial charge in [-0.2, -0.15) is 4.98 Å². The smallest absolute Gasteiger partial charge is 0.260 e. The third-order valence-corrected chi connectivity index (χ3v) is 6.89. The number of aromatic nitrogens is 2. The third-order valence-electron chi connectivity index (χ3n) is 4.94. The van der Waals surface area contributed by atoms with E-state index in [1.165, 1.54) is 32.3 Å². The molecule has 4 rings (SSSR count). The molecular formula is C19H19F2N5O4S. The minimum absolute atomic E-state index is 0.0308. The number of hydrogen-bond donors (Lipinski definition) is 1. The van der Waals surface area contributed by atoms with Gasteiger partial charge >= 0.3 is 0 Å². The van der Waals surface area contributed by atoms with Crippen LogP contribution in [-0.2, 0) is 15.6 Å². The van der Waals surface area contributed by atoms with Crippen LogP contribution in [0.3, 0.4) is 0 Å². The summed E-state index contributed by atoms with van der Waals surface area (Å²) in [5.41, 5.74) is 4.48. The van der Waals surface area contributed by atoms with Gasteiger partial charge in [0.25, 0.3) is 5.88 Å². The molecule has 164 valence electrons. The van der Waals surface area contributed by atoms with Crippen molar-refractivity contribution in [3.63, 3.8) is 0 Å². The molecule has 2 N–H and O–H groups in total. The van der Waals surface area contributed by atoms with E-state index in [1.807, 2.05) is 0 Å². The van der Waals surface area contributed by atoms with Crippen molar-refractivity contribution in [1.82, 2.24) is 14.3 Å². The average molecular weight is 451 g/mol. The second-order valence-corrected chi connectivity index (χ2v) is 9.26. The van der Waals surface area contributed by atoms with Crippen LogP contribution in [0, 0.1) is 5.82 Å². The van der Waals surface area contributed by atoms with Crippen LogP contribution >= 0.6 is 0 Å². The fourth-order valence-corrected chi connectivity index (χ4v) is 4.76. The number of benzene rings is 1. The summed E-state index contributed by atoms with van der Waals surface area (Å²) in [6.07, 6.45) is 2.41. The monoisotopic (exact) mass is 451 g/mol. The number of fused-ring (bicyclic) bond motifs is 1. The fourth-order valence-electron chi connectivity index (χ4n) is 3.31. The van der Waals surface area contributed by atoms with Gasteiger partial charge in [0.2, 0.25) is 16.0 Å². The summed E-state index contributed by atoms with van der Waals surface area (Å²) in [5, 5.41) is 0. The van der Waals surface area contributed by atoms with E-state index in [1.54, 1.807) is 0 Å². The molecule has 2 aliphatic heterocycles. The molecule has 0 saturated carbocycles. The molecule has 1 aromatic heterocycles. The lowest BCUT2D eigenvalue weighted by molar-refractivity contribution is 0.163. The number of ether oxygens (including phenoxy) is 2. The maximum Gasteiger partial charge on any atom is 0.260 e. The van der Waals surface area contributed by atoms with Crippen LogP contribution in [0.1, 0.15) is 23.9 Å². The first-order valence-corrected chi connectivity index (χ1v) is 10.8. The largest absolute Gasteiger partial charge is 0.483 e. The first kappa shape index (κ1) is 21.0. The Morgan fingerprint density at radius 3 is 2.81 bits per heavy atom. The fraction of sp³-hybridized carbons (Fsp3) is 0.316. The highest BCUT2D eigenvalue weighted by Crippen LogP contribution is 2.35. The second kappa shape index (κ2) is 7.45. The Labute approximate surface area is 177 Å². The van der Waals surface area contributed by atoms with E-state index in [-0.39, 0.29) is 35.4 Å². The molecule has 0 amide bonds. The van der Waals surface area contributed by atoms with Gasteiger partial charge in [0, 0.05) is 12.6 Å². The Hall–Kier alpha value is -3.28. The summed E-state index contributed by atoms with van der Waals surface area (Å²) in [5.74, 6) is -2.01. The highest BCUT2D eigenvalue weighted by atomic mass is 32.2. The zero-order valence-electron chi connectivity index (χ0n) is 16.7. The van der Waals surface area contributed by atoms with Crippen molar-refractivity contribution >= 4 is 27.9 Å². The van der Waals surface area contributed by atoms with Gasteiger partial charge in [0.05, 0.1) is 11.9 Å². The zero-order chi connectivity index (χ0) is 22.4. The number of sulfonamides is 1. The molecule has 31 heavy (non-hydrogen) atoms. The van der Waals surface area contributed by atoms with E-state index < -0.39 is 33.0 Å². The molecule has 1 atom stereocenters. The summed E-state index contributed by atoms with van der Waals surface area (Å²) in [6, 6.07) is 3.78. The van der Waals surface area contributed by atoms with Gasteiger partial charge in [0.15, 0.2) is 17.4 Å². The van der Waals surface area contributed by atoms with E-state index in [4.69, 9.17) is 15.2 Å². The van der Waals surface area contributed by atoms with Crippen molar-refractivity contribution in [3.8, 4) is 11.6 Å². The minimum Gasteiger partial charge on any atom is -0.483 e. The van der Waals surface area contributed by atoms with Gasteiger partial charge in [-0.05, 0) is 30.7 Å². The number of guanidine groups is 1. The van der Waals surface area contributed by atoms with Crippen molar-refractivity contribution in [3.05, 3.63) is 47.2 Å². The average Bonchev–Trinajstić information content (AvgIpc) is 2.72. The lowest BCUT2D eigenvalue weighted by Gasteiger charge is -2.34. The van der Waals surface area contributed by atoms with E-state index in [9.17, 15) is 17.2 Å². The van der Waals surface area contributed by atoms with Crippen molar-refractivity contribution in [1.29, 1.82) is 0 Å². The van der Waals surface area contributed by atoms with E-state index in [0.29, 0.717) is 12.4 Å². The maximum atomic E-state index is 14.8. The normalized spacial score (nSPS) is 22.8. The van der Waals surface area contributed by atoms with Gasteiger partial charge in [0.1, 0.15) is 24.6 Å². The van der Waals surface area contributed by atoms with Crippen LogP contribution < -0.4 is 15.2 Å². The Morgan fingerprint density at radius 1 is 1.32 bits per heavy atom. The van der Waals surface area contributed by atoms with Gasteiger partial charge < -0.3 is 15.2 Å². The first-order chi connectivity index (χ1) is 14.6. The molecule has 0 fully saturated rings. The molecule has 2 aromatic rings. The van der Waals surface area contributed by atoms with Crippen molar-refractivity contribution in [2.45, 2.75) is 12.5 Å². The summed E-state index contributed by atoms with van der Waals surface area (Å²) in [4.78, 5) is 12.1. The summed E-state index contributed by atoms with van der Waals surface area (Å²) in [7, 11) is -2.53. The predicted octanol–water partition coefficient (Wildman–Crippen LogP) is 1.66. The molecule has 1 aromatic carbocycles. The number of aliphatic imine (C=N–C) groups is 1. The van der Waals surface area contributed by atoms with Crippen molar-refractivity contribution in [2.75, 3.05) is 26.0 Å². The Bertz CT molecular complexity index is 1220. The predicted molar refractivity (Wildman–Crippen MR) is 109 cm³/mol. The topological polar surface area (TPSA) is 120 Å². The Balaban J connectivity index is 1.72. The molecule has 0 bridgehead atoms. The van der Waals surface area contributed by atoms with Gasteiger partial charge in [-0.15, -0.1) is 0 Å². The SMILES string of the molecule is CN1C(N)=NC(C)(c2cc(C=C(F)c3ncc4c(n3)OCCO4)ccc2F)CS1(=O)=O. The molecule has 2 aliphatic rings. The second-order valence-electron chi connectivity index (χ2n) is 7.26. The van der Waals surface area contributed by atoms with Gasteiger partial charge in [-0.1, -0.05) is 6.07 Å². The van der Waals surface area contributed by atoms with E-state index in [0.717, 1.165) is 16.4 Å². The molecule has 3 heterocycles. The number of rotatable bonds is 3. The summed E-state index contributed by atoms with van der Waals surface area (Å²) in [6.45, 7) is 2.09. The summed E-state index contributed by atoms with van der Waals surface area (Å²) < 4.78 is 65.7. The maximum absolute atomic E-state index is 14.8. The van der Waals surface area contributed by atoms with Crippen LogP contribution in [0.25, 0.3) is 11.9 Å². The van der Waals surface area contributed by atoms with Crippen LogP contribution in [0.2, 0.25) is 0 Å². The number of nitrogens with two attached hydrogens (primary N) is 1. The lowest BCUT2D eigenvalue weighted by atomic mass is 9.92. The summed E-state index contributed by atoms with van der Waals surface area (Å²) >= 11 is 0.